The Kier molecular flexibility index (Phi) is 5.25. The molecule has 40 heavy (non-hydrogen) atoms. The maximum absolute atomic E-state index is 14.5. The van der Waals surface area contributed by atoms with Gasteiger partial charge in [-0.1, -0.05) is 44.2 Å². The highest BCUT2D eigenvalue weighted by Crippen LogP contribution is 2.56. The molecule has 0 unspecified atom stereocenters. The Morgan fingerprint density at radius 3 is 2.38 bits per heavy atom. The molecule has 2 amide bonds. The van der Waals surface area contributed by atoms with Gasteiger partial charge in [0.2, 0.25) is 11.8 Å². The van der Waals surface area contributed by atoms with Crippen molar-refractivity contribution in [2.75, 3.05) is 4.90 Å². The number of ketones is 1. The molecule has 4 aromatic rings. The minimum atomic E-state index is -1.16. The Labute approximate surface area is 230 Å². The summed E-state index contributed by atoms with van der Waals surface area (Å²) in [5.74, 6) is -1.47. The summed E-state index contributed by atoms with van der Waals surface area (Å²) in [5, 5.41) is 4.22. The average molecular weight is 533 g/mol. The summed E-state index contributed by atoms with van der Waals surface area (Å²) in [6, 6.07) is 21.0. The second kappa shape index (κ2) is 8.53. The van der Waals surface area contributed by atoms with Crippen LogP contribution in [0.2, 0.25) is 0 Å². The number of amides is 2. The van der Waals surface area contributed by atoms with Gasteiger partial charge in [0.25, 0.3) is 5.56 Å². The lowest BCUT2D eigenvalue weighted by molar-refractivity contribution is -0.123. The average Bonchev–Trinajstić information content (AvgIpc) is 3.51. The van der Waals surface area contributed by atoms with E-state index in [4.69, 9.17) is 4.98 Å². The predicted octanol–water partition coefficient (Wildman–Crippen LogP) is 3.97. The van der Waals surface area contributed by atoms with Crippen LogP contribution in [-0.4, -0.2) is 33.2 Å². The fourth-order valence-corrected chi connectivity index (χ4v) is 7.03. The quantitative estimate of drug-likeness (QED) is 0.315. The molecule has 2 fully saturated rings. The van der Waals surface area contributed by atoms with Crippen molar-refractivity contribution in [2.24, 2.45) is 17.8 Å². The van der Waals surface area contributed by atoms with Gasteiger partial charge in [-0.25, -0.2) is 9.88 Å². The van der Waals surface area contributed by atoms with Crippen LogP contribution in [0.25, 0.3) is 16.6 Å². The van der Waals surface area contributed by atoms with Gasteiger partial charge in [0.15, 0.2) is 5.78 Å². The smallest absolute Gasteiger partial charge is 0.266 e. The molecule has 0 bridgehead atoms. The normalized spacial score (nSPS) is 24.7. The predicted molar refractivity (Wildman–Crippen MR) is 150 cm³/mol. The number of carbonyl (C=O) groups excluding carboxylic acids is 3. The lowest BCUT2D eigenvalue weighted by atomic mass is 9.75. The fraction of sp³-hybridized carbons (Fsp3) is 0.281. The number of anilines is 1. The summed E-state index contributed by atoms with van der Waals surface area (Å²) < 4.78 is 1.61. The van der Waals surface area contributed by atoms with E-state index in [1.807, 2.05) is 36.4 Å². The van der Waals surface area contributed by atoms with Crippen molar-refractivity contribution in [1.29, 1.82) is 0 Å². The van der Waals surface area contributed by atoms with Crippen molar-refractivity contribution < 1.29 is 14.4 Å². The molecular weight excluding hydrogens is 504 g/mol. The van der Waals surface area contributed by atoms with Gasteiger partial charge in [-0.05, 0) is 61.7 Å². The Bertz CT molecular complexity index is 1810. The molecule has 200 valence electrons. The molecule has 8 nitrogen and oxygen atoms in total. The van der Waals surface area contributed by atoms with E-state index < -0.39 is 17.4 Å². The van der Waals surface area contributed by atoms with Gasteiger partial charge in [-0.3, -0.25) is 29.1 Å². The van der Waals surface area contributed by atoms with Crippen LogP contribution < -0.4 is 15.8 Å². The zero-order valence-corrected chi connectivity index (χ0v) is 22.4. The Morgan fingerprint density at radius 2 is 1.65 bits per heavy atom. The Hall–Kier alpha value is -4.43. The SMILES string of the molecule is CC(=O)c1ccc(N2C(=O)[C@@H]3[C@@H](CC(C)C)N[C@@]4(c5ccccc5-n5c4nc4ccccc4c5=O)[C@H]3C2=O)cc1. The largest absolute Gasteiger partial charge is 0.297 e. The second-order valence-electron chi connectivity index (χ2n) is 11.4. The molecule has 2 saturated heterocycles. The highest BCUT2D eigenvalue weighted by Gasteiger charge is 2.69. The first-order valence-electron chi connectivity index (χ1n) is 13.6. The van der Waals surface area contributed by atoms with Gasteiger partial charge in [0.1, 0.15) is 11.4 Å². The van der Waals surface area contributed by atoms with Gasteiger partial charge < -0.3 is 0 Å². The monoisotopic (exact) mass is 532 g/mol. The standard InChI is InChI=1S/C32H28N4O4/c1-17(2)16-24-26-27(30(40)35(29(26)39)20-14-12-19(13-15-20)18(3)37)32(34-24)22-9-5-7-11-25(22)36-28(38)21-8-4-6-10-23(21)33-31(32)36/h4-15,17,24,26-27,34H,16H2,1-3H3/t24-,26-,27-,32+/m1/s1. The van der Waals surface area contributed by atoms with E-state index in [0.29, 0.717) is 40.1 Å². The van der Waals surface area contributed by atoms with Crippen molar-refractivity contribution in [3.8, 4) is 5.69 Å². The Balaban J connectivity index is 1.48. The molecule has 7 rings (SSSR count). The third kappa shape index (κ3) is 3.14. The van der Waals surface area contributed by atoms with E-state index in [1.165, 1.54) is 11.8 Å². The first-order chi connectivity index (χ1) is 19.2. The van der Waals surface area contributed by atoms with Crippen molar-refractivity contribution in [2.45, 2.75) is 38.8 Å². The summed E-state index contributed by atoms with van der Waals surface area (Å²) in [7, 11) is 0. The minimum Gasteiger partial charge on any atom is -0.297 e. The van der Waals surface area contributed by atoms with E-state index in [2.05, 4.69) is 19.2 Å². The number of hydrogen-bond donors (Lipinski definition) is 1. The number of rotatable bonds is 4. The first kappa shape index (κ1) is 24.6. The fourth-order valence-electron chi connectivity index (χ4n) is 7.03. The van der Waals surface area contributed by atoms with E-state index >= 15 is 0 Å². The molecule has 3 aromatic carbocycles. The van der Waals surface area contributed by atoms with Crippen molar-refractivity contribution in [1.82, 2.24) is 14.9 Å². The molecule has 3 aliphatic rings. The molecule has 1 aromatic heterocycles. The topological polar surface area (TPSA) is 101 Å². The van der Waals surface area contributed by atoms with Gasteiger partial charge in [0.05, 0.1) is 34.1 Å². The molecule has 0 saturated carbocycles. The van der Waals surface area contributed by atoms with Crippen molar-refractivity contribution in [3.05, 3.63) is 100 Å². The zero-order valence-electron chi connectivity index (χ0n) is 22.4. The lowest BCUT2D eigenvalue weighted by Crippen LogP contribution is -2.50. The molecule has 0 radical (unpaired) electrons. The van der Waals surface area contributed by atoms with Gasteiger partial charge >= 0.3 is 0 Å². The van der Waals surface area contributed by atoms with E-state index in [9.17, 15) is 19.2 Å². The summed E-state index contributed by atoms with van der Waals surface area (Å²) in [6.45, 7) is 5.66. The number of fused-ring (bicyclic) bond motifs is 8. The molecule has 4 atom stereocenters. The van der Waals surface area contributed by atoms with Crippen LogP contribution in [0, 0.1) is 17.8 Å². The van der Waals surface area contributed by atoms with E-state index in [1.54, 1.807) is 41.0 Å². The summed E-state index contributed by atoms with van der Waals surface area (Å²) in [4.78, 5) is 60.6. The number of hydrogen-bond acceptors (Lipinski definition) is 6. The van der Waals surface area contributed by atoms with Crippen LogP contribution >= 0.6 is 0 Å². The number of nitrogens with zero attached hydrogens (tertiary/aromatic N) is 3. The van der Waals surface area contributed by atoms with Crippen LogP contribution in [-0.2, 0) is 15.1 Å². The number of para-hydroxylation sites is 2. The number of Topliss-reactive ketones (excluding diaryl/α,β-unsaturated/α-hetero) is 1. The minimum absolute atomic E-state index is 0.0921. The molecular formula is C32H28N4O4. The van der Waals surface area contributed by atoms with Crippen LogP contribution in [0.15, 0.2) is 77.6 Å². The maximum atomic E-state index is 14.5. The van der Waals surface area contributed by atoms with Crippen molar-refractivity contribution in [3.63, 3.8) is 0 Å². The van der Waals surface area contributed by atoms with E-state index in [0.717, 1.165) is 5.56 Å². The lowest BCUT2D eigenvalue weighted by Gasteiger charge is -2.32. The molecule has 8 heteroatoms. The first-order valence-corrected chi connectivity index (χ1v) is 13.6. The zero-order chi connectivity index (χ0) is 27.9. The van der Waals surface area contributed by atoms with Crippen LogP contribution in [0.4, 0.5) is 5.69 Å². The highest BCUT2D eigenvalue weighted by atomic mass is 16.2. The number of imide groups is 1. The van der Waals surface area contributed by atoms with Crippen molar-refractivity contribution >= 4 is 34.2 Å². The number of carbonyl (C=O) groups is 3. The number of nitrogens with one attached hydrogen (secondary N) is 1. The van der Waals surface area contributed by atoms with E-state index in [-0.39, 0.29) is 35.1 Å². The molecule has 0 aliphatic carbocycles. The summed E-state index contributed by atoms with van der Waals surface area (Å²) in [6.07, 6.45) is 0.666. The molecule has 4 heterocycles. The maximum Gasteiger partial charge on any atom is 0.266 e. The van der Waals surface area contributed by atoms with Gasteiger partial charge in [-0.15, -0.1) is 0 Å². The van der Waals surface area contributed by atoms with Crippen LogP contribution in [0.3, 0.4) is 0 Å². The second-order valence-corrected chi connectivity index (χ2v) is 11.4. The third-order valence-corrected chi connectivity index (χ3v) is 8.62. The molecule has 3 aliphatic heterocycles. The summed E-state index contributed by atoms with van der Waals surface area (Å²) in [5.41, 5.74) is 1.56. The van der Waals surface area contributed by atoms with Crippen LogP contribution in [0.1, 0.15) is 48.9 Å². The highest BCUT2D eigenvalue weighted by molar-refractivity contribution is 6.23. The number of benzene rings is 3. The van der Waals surface area contributed by atoms with Gasteiger partial charge in [0, 0.05) is 17.2 Å². The summed E-state index contributed by atoms with van der Waals surface area (Å²) >= 11 is 0. The van der Waals surface area contributed by atoms with Gasteiger partial charge in [-0.2, -0.15) is 0 Å². The van der Waals surface area contributed by atoms with Crippen LogP contribution in [0.5, 0.6) is 0 Å². The third-order valence-electron chi connectivity index (χ3n) is 8.62. The molecule has 1 spiro atoms. The molecule has 1 N–H and O–H groups in total. The Morgan fingerprint density at radius 1 is 0.950 bits per heavy atom. The number of aromatic nitrogens is 2.